The van der Waals surface area contributed by atoms with E-state index >= 15 is 0 Å². The van der Waals surface area contributed by atoms with Gasteiger partial charge in [-0.1, -0.05) is 30.3 Å². The number of carbonyl (C=O) groups excluding carboxylic acids is 2. The van der Waals surface area contributed by atoms with Crippen molar-refractivity contribution in [2.45, 2.75) is 20.4 Å². The number of fused-ring (bicyclic) bond motifs is 1. The molecule has 0 saturated carbocycles. The second kappa shape index (κ2) is 8.29. The van der Waals surface area contributed by atoms with E-state index in [2.05, 4.69) is 10.6 Å². The smallest absolute Gasteiger partial charge is 0.255 e. The molecule has 0 fully saturated rings. The van der Waals surface area contributed by atoms with Gasteiger partial charge in [-0.05, 0) is 60.9 Å². The lowest BCUT2D eigenvalue weighted by molar-refractivity contribution is 0.0951. The van der Waals surface area contributed by atoms with E-state index in [1.165, 1.54) is 0 Å². The molecule has 0 spiro atoms. The first-order valence-electron chi connectivity index (χ1n) is 9.66. The fraction of sp³-hybridized carbons (Fsp3) is 0.167. The Morgan fingerprint density at radius 3 is 2.50 bits per heavy atom. The van der Waals surface area contributed by atoms with Gasteiger partial charge in [-0.2, -0.15) is 0 Å². The Morgan fingerprint density at radius 1 is 0.867 bits per heavy atom. The number of rotatable bonds is 5. The van der Waals surface area contributed by atoms with Gasteiger partial charge in [-0.25, -0.2) is 0 Å². The van der Waals surface area contributed by atoms with Crippen LogP contribution in [-0.2, 0) is 6.54 Å². The van der Waals surface area contributed by atoms with E-state index in [4.69, 9.17) is 9.47 Å². The molecule has 0 aromatic heterocycles. The van der Waals surface area contributed by atoms with Crippen LogP contribution in [-0.4, -0.2) is 18.6 Å². The highest BCUT2D eigenvalue weighted by molar-refractivity contribution is 6.09. The van der Waals surface area contributed by atoms with Crippen molar-refractivity contribution in [2.24, 2.45) is 0 Å². The van der Waals surface area contributed by atoms with Crippen molar-refractivity contribution < 1.29 is 19.1 Å². The fourth-order valence-electron chi connectivity index (χ4n) is 3.31. The monoisotopic (exact) mass is 402 g/mol. The van der Waals surface area contributed by atoms with Gasteiger partial charge in [0.1, 0.15) is 0 Å². The summed E-state index contributed by atoms with van der Waals surface area (Å²) in [4.78, 5) is 25.6. The number of nitrogens with one attached hydrogen (secondary N) is 2. The van der Waals surface area contributed by atoms with Gasteiger partial charge in [0.05, 0.1) is 11.3 Å². The summed E-state index contributed by atoms with van der Waals surface area (Å²) in [6.45, 7) is 4.41. The topological polar surface area (TPSA) is 76.7 Å². The molecule has 3 aromatic rings. The minimum absolute atomic E-state index is 0.207. The van der Waals surface area contributed by atoms with Gasteiger partial charge in [-0.3, -0.25) is 9.59 Å². The van der Waals surface area contributed by atoms with Crippen LogP contribution >= 0.6 is 0 Å². The lowest BCUT2D eigenvalue weighted by Crippen LogP contribution is -2.25. The summed E-state index contributed by atoms with van der Waals surface area (Å²) in [6, 6.07) is 18.1. The van der Waals surface area contributed by atoms with E-state index in [9.17, 15) is 9.59 Å². The van der Waals surface area contributed by atoms with Crippen LogP contribution < -0.4 is 20.1 Å². The molecule has 0 unspecified atom stereocenters. The molecule has 1 heterocycles. The predicted molar refractivity (Wildman–Crippen MR) is 114 cm³/mol. The maximum absolute atomic E-state index is 12.8. The zero-order valence-electron chi connectivity index (χ0n) is 16.8. The number of hydrogen-bond donors (Lipinski definition) is 2. The third kappa shape index (κ3) is 3.98. The molecular formula is C24H22N2O4. The SMILES string of the molecule is Cc1cccc(C(=O)Nc2ccccc2C(=O)NCc2ccc3c(c2)OCO3)c1C. The van der Waals surface area contributed by atoms with Crippen molar-refractivity contribution in [1.82, 2.24) is 5.32 Å². The van der Waals surface area contributed by atoms with Crippen molar-refractivity contribution in [1.29, 1.82) is 0 Å². The molecule has 30 heavy (non-hydrogen) atoms. The molecule has 0 bridgehead atoms. The number of ether oxygens (including phenoxy) is 2. The van der Waals surface area contributed by atoms with Crippen LogP contribution in [0.4, 0.5) is 5.69 Å². The van der Waals surface area contributed by atoms with Crippen molar-refractivity contribution in [2.75, 3.05) is 12.1 Å². The Kier molecular flexibility index (Phi) is 5.39. The molecule has 2 amide bonds. The normalized spacial score (nSPS) is 11.8. The van der Waals surface area contributed by atoms with Gasteiger partial charge in [-0.15, -0.1) is 0 Å². The molecule has 6 nitrogen and oxygen atoms in total. The first kappa shape index (κ1) is 19.5. The van der Waals surface area contributed by atoms with E-state index in [1.54, 1.807) is 30.3 Å². The molecule has 0 atom stereocenters. The third-order valence-corrected chi connectivity index (χ3v) is 5.16. The maximum atomic E-state index is 12.8. The summed E-state index contributed by atoms with van der Waals surface area (Å²) >= 11 is 0. The first-order chi connectivity index (χ1) is 14.5. The fourth-order valence-corrected chi connectivity index (χ4v) is 3.31. The van der Waals surface area contributed by atoms with Crippen molar-refractivity contribution in [3.8, 4) is 11.5 Å². The summed E-state index contributed by atoms with van der Waals surface area (Å²) in [7, 11) is 0. The largest absolute Gasteiger partial charge is 0.454 e. The Balaban J connectivity index is 1.48. The Labute approximate surface area is 174 Å². The van der Waals surface area contributed by atoms with Crippen molar-refractivity contribution in [3.05, 3.63) is 88.5 Å². The molecule has 0 radical (unpaired) electrons. The van der Waals surface area contributed by atoms with Gasteiger partial charge in [0.15, 0.2) is 11.5 Å². The molecule has 0 aliphatic carbocycles. The molecule has 1 aliphatic heterocycles. The average molecular weight is 402 g/mol. The van der Waals surface area contributed by atoms with Crippen LogP contribution in [0.25, 0.3) is 0 Å². The van der Waals surface area contributed by atoms with Gasteiger partial charge in [0.25, 0.3) is 11.8 Å². The molecule has 2 N–H and O–H groups in total. The van der Waals surface area contributed by atoms with E-state index in [1.807, 2.05) is 44.2 Å². The highest BCUT2D eigenvalue weighted by Gasteiger charge is 2.17. The zero-order chi connectivity index (χ0) is 21.1. The molecule has 3 aromatic carbocycles. The number of amides is 2. The van der Waals surface area contributed by atoms with Gasteiger partial charge >= 0.3 is 0 Å². The average Bonchev–Trinajstić information content (AvgIpc) is 3.22. The molecule has 6 heteroatoms. The van der Waals surface area contributed by atoms with Crippen LogP contribution in [0.5, 0.6) is 11.5 Å². The van der Waals surface area contributed by atoms with E-state index in [0.717, 1.165) is 16.7 Å². The Hall–Kier alpha value is -3.80. The molecule has 4 rings (SSSR count). The van der Waals surface area contributed by atoms with Crippen molar-refractivity contribution in [3.63, 3.8) is 0 Å². The second-order valence-electron chi connectivity index (χ2n) is 7.12. The lowest BCUT2D eigenvalue weighted by atomic mass is 10.0. The van der Waals surface area contributed by atoms with E-state index in [0.29, 0.717) is 34.9 Å². The summed E-state index contributed by atoms with van der Waals surface area (Å²) in [6.07, 6.45) is 0. The second-order valence-corrected chi connectivity index (χ2v) is 7.12. The zero-order valence-corrected chi connectivity index (χ0v) is 16.8. The Bertz CT molecular complexity index is 1120. The Morgan fingerprint density at radius 2 is 1.63 bits per heavy atom. The van der Waals surface area contributed by atoms with Crippen LogP contribution in [0.2, 0.25) is 0 Å². The quantitative estimate of drug-likeness (QED) is 0.670. The highest BCUT2D eigenvalue weighted by Crippen LogP contribution is 2.32. The number of para-hydroxylation sites is 1. The number of carbonyl (C=O) groups is 2. The minimum Gasteiger partial charge on any atom is -0.454 e. The first-order valence-corrected chi connectivity index (χ1v) is 9.66. The van der Waals surface area contributed by atoms with Crippen LogP contribution in [0.1, 0.15) is 37.4 Å². The number of aryl methyl sites for hydroxylation is 1. The number of benzene rings is 3. The van der Waals surface area contributed by atoms with Gasteiger partial charge in [0, 0.05) is 12.1 Å². The lowest BCUT2D eigenvalue weighted by Gasteiger charge is -2.13. The molecular weight excluding hydrogens is 380 g/mol. The summed E-state index contributed by atoms with van der Waals surface area (Å²) in [5.74, 6) is 0.851. The number of anilines is 1. The number of hydrogen-bond acceptors (Lipinski definition) is 4. The van der Waals surface area contributed by atoms with Crippen LogP contribution in [0, 0.1) is 13.8 Å². The highest BCUT2D eigenvalue weighted by atomic mass is 16.7. The van der Waals surface area contributed by atoms with Gasteiger partial charge in [0.2, 0.25) is 6.79 Å². The maximum Gasteiger partial charge on any atom is 0.255 e. The third-order valence-electron chi connectivity index (χ3n) is 5.16. The minimum atomic E-state index is -0.274. The van der Waals surface area contributed by atoms with Crippen molar-refractivity contribution >= 4 is 17.5 Å². The van der Waals surface area contributed by atoms with Crippen LogP contribution in [0.3, 0.4) is 0 Å². The standard InChI is InChI=1S/C24H22N2O4/c1-15-6-5-8-18(16(15)2)24(28)26-20-9-4-3-7-19(20)23(27)25-13-17-10-11-21-22(12-17)30-14-29-21/h3-12H,13-14H2,1-2H3,(H,25,27)(H,26,28). The van der Waals surface area contributed by atoms with Gasteiger partial charge < -0.3 is 20.1 Å². The molecule has 1 aliphatic rings. The predicted octanol–water partition coefficient (Wildman–Crippen LogP) is 4.21. The van der Waals surface area contributed by atoms with Crippen LogP contribution in [0.15, 0.2) is 60.7 Å². The summed E-state index contributed by atoms with van der Waals surface area (Å²) in [5, 5.41) is 5.77. The molecule has 152 valence electrons. The summed E-state index contributed by atoms with van der Waals surface area (Å²) < 4.78 is 10.7. The van der Waals surface area contributed by atoms with E-state index < -0.39 is 0 Å². The molecule has 0 saturated heterocycles. The van der Waals surface area contributed by atoms with E-state index in [-0.39, 0.29) is 18.6 Å². The summed E-state index contributed by atoms with van der Waals surface area (Å²) in [5.41, 5.74) is 4.30.